The lowest BCUT2D eigenvalue weighted by atomic mass is 10.2. The molecule has 2 heterocycles. The Labute approximate surface area is 145 Å². The number of nitrogens with zero attached hydrogens (tertiary/aromatic N) is 4. The molecule has 0 fully saturated rings. The molecule has 0 N–H and O–H groups in total. The number of sulfone groups is 1. The van der Waals surface area contributed by atoms with Crippen molar-refractivity contribution < 1.29 is 8.42 Å². The molecule has 0 atom stereocenters. The molecule has 0 saturated heterocycles. The number of hydrogen-bond acceptors (Lipinski definition) is 4. The number of hydrogen-bond donors (Lipinski definition) is 0. The third kappa shape index (κ3) is 2.51. The minimum atomic E-state index is -3.62. The highest BCUT2D eigenvalue weighted by atomic mass is 32.2. The van der Waals surface area contributed by atoms with Gasteiger partial charge in [0.25, 0.3) is 5.16 Å². The van der Waals surface area contributed by atoms with Crippen LogP contribution < -0.4 is 0 Å². The smallest absolute Gasteiger partial charge is 0.256 e. The third-order valence-corrected chi connectivity index (χ3v) is 5.88. The molecular formula is C18H18N4O2S. The fraction of sp³-hybridized carbons (Fsp3) is 0.222. The third-order valence-electron chi connectivity index (χ3n) is 4.34. The Morgan fingerprint density at radius 3 is 2.32 bits per heavy atom. The van der Waals surface area contributed by atoms with Crippen LogP contribution in [0.3, 0.4) is 0 Å². The molecule has 0 aliphatic heterocycles. The molecule has 0 unspecified atom stereocenters. The molecule has 0 aliphatic rings. The van der Waals surface area contributed by atoms with Crippen LogP contribution in [0.4, 0.5) is 0 Å². The fourth-order valence-corrected chi connectivity index (χ4v) is 4.50. The molecule has 0 saturated carbocycles. The van der Waals surface area contributed by atoms with Gasteiger partial charge in [0.05, 0.1) is 16.8 Å². The van der Waals surface area contributed by atoms with Gasteiger partial charge < -0.3 is 4.57 Å². The summed E-state index contributed by atoms with van der Waals surface area (Å²) in [6, 6.07) is 15.2. The molecule has 128 valence electrons. The van der Waals surface area contributed by atoms with E-state index in [4.69, 9.17) is 0 Å². The summed E-state index contributed by atoms with van der Waals surface area (Å²) in [6.45, 7) is 4.66. The molecule has 2 aromatic heterocycles. The molecule has 0 radical (unpaired) electrons. The SMILES string of the molecule is CCn1c2ccccc2n2c(S(=O)(=O)Cc3ccc(C)cc3)nnc12. The minimum Gasteiger partial charge on any atom is -0.309 e. The Bertz CT molecular complexity index is 1170. The van der Waals surface area contributed by atoms with Crippen molar-refractivity contribution in [3.63, 3.8) is 0 Å². The maximum absolute atomic E-state index is 13.0. The number of fused-ring (bicyclic) bond motifs is 3. The first-order chi connectivity index (χ1) is 12.0. The van der Waals surface area contributed by atoms with E-state index in [9.17, 15) is 8.42 Å². The lowest BCUT2D eigenvalue weighted by Gasteiger charge is -2.03. The van der Waals surface area contributed by atoms with Crippen molar-refractivity contribution in [2.45, 2.75) is 31.3 Å². The minimum absolute atomic E-state index is 0.00789. The van der Waals surface area contributed by atoms with Crippen LogP contribution in [0.25, 0.3) is 16.8 Å². The van der Waals surface area contributed by atoms with Gasteiger partial charge in [-0.15, -0.1) is 10.2 Å². The van der Waals surface area contributed by atoms with Crippen LogP contribution in [-0.2, 0) is 22.1 Å². The van der Waals surface area contributed by atoms with Crippen molar-refractivity contribution in [3.05, 3.63) is 59.7 Å². The summed E-state index contributed by atoms with van der Waals surface area (Å²) in [5, 5.41) is 8.14. The largest absolute Gasteiger partial charge is 0.309 e. The van der Waals surface area contributed by atoms with Gasteiger partial charge in [-0.25, -0.2) is 12.8 Å². The van der Waals surface area contributed by atoms with E-state index >= 15 is 0 Å². The first-order valence-electron chi connectivity index (χ1n) is 8.12. The highest BCUT2D eigenvalue weighted by Crippen LogP contribution is 2.24. The zero-order valence-corrected chi connectivity index (χ0v) is 14.9. The molecule has 0 bridgehead atoms. The summed E-state index contributed by atoms with van der Waals surface area (Å²) in [4.78, 5) is 0. The summed E-state index contributed by atoms with van der Waals surface area (Å²) >= 11 is 0. The molecule has 0 amide bonds. The lowest BCUT2D eigenvalue weighted by Crippen LogP contribution is -2.09. The summed E-state index contributed by atoms with van der Waals surface area (Å²) in [5.74, 6) is 0.450. The van der Waals surface area contributed by atoms with E-state index in [1.165, 1.54) is 0 Å². The van der Waals surface area contributed by atoms with Gasteiger partial charge in [-0.2, -0.15) is 0 Å². The number of aryl methyl sites for hydroxylation is 2. The van der Waals surface area contributed by atoms with E-state index in [1.807, 2.05) is 66.9 Å². The average Bonchev–Trinajstić information content (AvgIpc) is 3.15. The van der Waals surface area contributed by atoms with E-state index in [2.05, 4.69) is 10.2 Å². The topological polar surface area (TPSA) is 69.3 Å². The molecule has 4 rings (SSSR count). The second-order valence-corrected chi connectivity index (χ2v) is 7.98. The first kappa shape index (κ1) is 15.8. The van der Waals surface area contributed by atoms with Gasteiger partial charge in [-0.3, -0.25) is 0 Å². The summed E-state index contributed by atoms with van der Waals surface area (Å²) in [6.07, 6.45) is 0. The standard InChI is InChI=1S/C18H18N4O2S/c1-3-21-15-6-4-5-7-16(15)22-17(21)19-20-18(22)25(23,24)12-14-10-8-13(2)9-11-14/h4-11H,3,12H2,1-2H3. The van der Waals surface area contributed by atoms with E-state index in [0.717, 1.165) is 22.2 Å². The number of para-hydroxylation sites is 2. The monoisotopic (exact) mass is 354 g/mol. The number of aromatic nitrogens is 4. The number of imidazole rings is 1. The molecule has 2 aromatic carbocycles. The van der Waals surface area contributed by atoms with E-state index in [-0.39, 0.29) is 10.9 Å². The van der Waals surface area contributed by atoms with Crippen LogP contribution >= 0.6 is 0 Å². The van der Waals surface area contributed by atoms with Crippen molar-refractivity contribution in [3.8, 4) is 0 Å². The van der Waals surface area contributed by atoms with Crippen LogP contribution in [0, 0.1) is 6.92 Å². The van der Waals surface area contributed by atoms with Crippen molar-refractivity contribution in [1.29, 1.82) is 0 Å². The second-order valence-electron chi connectivity index (χ2n) is 6.10. The summed E-state index contributed by atoms with van der Waals surface area (Å²) in [5.41, 5.74) is 3.58. The molecule has 0 aliphatic carbocycles. The lowest BCUT2D eigenvalue weighted by molar-refractivity contribution is 0.585. The van der Waals surface area contributed by atoms with Crippen molar-refractivity contribution in [1.82, 2.24) is 19.2 Å². The van der Waals surface area contributed by atoms with Crippen LogP contribution in [0.2, 0.25) is 0 Å². The molecule has 6 nitrogen and oxygen atoms in total. The predicted molar refractivity (Wildman–Crippen MR) is 96.2 cm³/mol. The van der Waals surface area contributed by atoms with Gasteiger partial charge >= 0.3 is 0 Å². The zero-order valence-electron chi connectivity index (χ0n) is 14.0. The highest BCUT2D eigenvalue weighted by molar-refractivity contribution is 7.90. The Kier molecular flexibility index (Phi) is 3.61. The van der Waals surface area contributed by atoms with Crippen LogP contribution in [0.1, 0.15) is 18.1 Å². The first-order valence-corrected chi connectivity index (χ1v) is 9.77. The predicted octanol–water partition coefficient (Wildman–Crippen LogP) is 2.99. The fourth-order valence-electron chi connectivity index (χ4n) is 3.12. The van der Waals surface area contributed by atoms with Gasteiger partial charge in [0.1, 0.15) is 0 Å². The normalized spacial score (nSPS) is 12.2. The molecule has 7 heteroatoms. The van der Waals surface area contributed by atoms with Crippen LogP contribution in [0.15, 0.2) is 53.7 Å². The van der Waals surface area contributed by atoms with E-state index in [1.54, 1.807) is 4.40 Å². The van der Waals surface area contributed by atoms with E-state index < -0.39 is 9.84 Å². The van der Waals surface area contributed by atoms with E-state index in [0.29, 0.717) is 12.3 Å². The number of benzene rings is 2. The van der Waals surface area contributed by atoms with Crippen molar-refractivity contribution in [2.24, 2.45) is 0 Å². The Hall–Kier alpha value is -2.67. The van der Waals surface area contributed by atoms with Crippen molar-refractivity contribution >= 4 is 26.6 Å². The van der Waals surface area contributed by atoms with Gasteiger partial charge in [0.15, 0.2) is 0 Å². The number of rotatable bonds is 4. The molecule has 0 spiro atoms. The van der Waals surface area contributed by atoms with Gasteiger partial charge in [-0.05, 0) is 31.5 Å². The molecule has 4 aromatic rings. The zero-order chi connectivity index (χ0) is 17.6. The summed E-state index contributed by atoms with van der Waals surface area (Å²) in [7, 11) is -3.62. The summed E-state index contributed by atoms with van der Waals surface area (Å²) < 4.78 is 29.5. The quantitative estimate of drug-likeness (QED) is 0.565. The van der Waals surface area contributed by atoms with Gasteiger partial charge in [0, 0.05) is 6.54 Å². The van der Waals surface area contributed by atoms with Gasteiger partial charge in [0.2, 0.25) is 15.6 Å². The molecule has 25 heavy (non-hydrogen) atoms. The van der Waals surface area contributed by atoms with Crippen LogP contribution in [0.5, 0.6) is 0 Å². The highest BCUT2D eigenvalue weighted by Gasteiger charge is 2.26. The average molecular weight is 354 g/mol. The van der Waals surface area contributed by atoms with Gasteiger partial charge in [-0.1, -0.05) is 42.0 Å². The van der Waals surface area contributed by atoms with Crippen molar-refractivity contribution in [2.75, 3.05) is 0 Å². The maximum Gasteiger partial charge on any atom is 0.256 e. The Balaban J connectivity index is 1.90. The second kappa shape index (κ2) is 5.70. The Morgan fingerprint density at radius 1 is 0.960 bits per heavy atom. The Morgan fingerprint density at radius 2 is 1.64 bits per heavy atom. The van der Waals surface area contributed by atoms with Crippen LogP contribution in [-0.4, -0.2) is 27.6 Å². The maximum atomic E-state index is 13.0. The molecular weight excluding hydrogens is 336 g/mol.